The number of hydrogen-bond donors (Lipinski definition) is 3. The summed E-state index contributed by atoms with van der Waals surface area (Å²) in [5.74, 6) is 1.12. The summed E-state index contributed by atoms with van der Waals surface area (Å²) in [4.78, 5) is 26.5. The number of carbonyl (C=O) groups is 1. The number of hydrogen-bond acceptors (Lipinski definition) is 3. The van der Waals surface area contributed by atoms with E-state index in [-0.39, 0.29) is 5.91 Å². The molecule has 0 radical (unpaired) electrons. The summed E-state index contributed by atoms with van der Waals surface area (Å²) < 4.78 is 0. The van der Waals surface area contributed by atoms with Crippen LogP contribution in [0.1, 0.15) is 59.5 Å². The maximum absolute atomic E-state index is 13.0. The van der Waals surface area contributed by atoms with Crippen LogP contribution in [0, 0.1) is 5.41 Å². The van der Waals surface area contributed by atoms with Crippen molar-refractivity contribution in [1.82, 2.24) is 25.2 Å². The van der Waals surface area contributed by atoms with Gasteiger partial charge in [0.1, 0.15) is 5.82 Å². The first-order valence-corrected chi connectivity index (χ1v) is 11.4. The molecule has 2 aromatic heterocycles. The molecule has 1 spiro atoms. The minimum Gasteiger partial charge on any atom is -0.358 e. The number of H-pyrrole nitrogens is 2. The Kier molecular flexibility index (Phi) is 4.23. The molecule has 3 N–H and O–H groups in total. The number of fused-ring (bicyclic) bond motifs is 3. The Hall–Kier alpha value is -2.60. The largest absolute Gasteiger partial charge is 0.358 e. The van der Waals surface area contributed by atoms with Gasteiger partial charge in [0.2, 0.25) is 0 Å². The highest BCUT2D eigenvalue weighted by Crippen LogP contribution is 2.54. The van der Waals surface area contributed by atoms with Crippen LogP contribution in [0.2, 0.25) is 0 Å². The van der Waals surface area contributed by atoms with Gasteiger partial charge in [-0.25, -0.2) is 4.98 Å². The lowest BCUT2D eigenvalue weighted by Gasteiger charge is -2.32. The molecule has 1 amide bonds. The van der Waals surface area contributed by atoms with Gasteiger partial charge in [-0.1, -0.05) is 0 Å². The van der Waals surface area contributed by atoms with E-state index >= 15 is 0 Å². The number of rotatable bonds is 4. The van der Waals surface area contributed by atoms with Crippen LogP contribution >= 0.6 is 0 Å². The maximum Gasteiger partial charge on any atom is 0.251 e. The number of nitrogens with one attached hydrogen (secondary N) is 3. The van der Waals surface area contributed by atoms with E-state index in [1.807, 2.05) is 18.5 Å². The van der Waals surface area contributed by atoms with Crippen LogP contribution in [0.3, 0.4) is 0 Å². The van der Waals surface area contributed by atoms with Crippen molar-refractivity contribution in [2.45, 2.75) is 57.5 Å². The molecule has 2 fully saturated rings. The molecule has 156 valence electrons. The van der Waals surface area contributed by atoms with Crippen LogP contribution in [0.4, 0.5) is 0 Å². The first-order chi connectivity index (χ1) is 14.7. The van der Waals surface area contributed by atoms with Crippen LogP contribution < -0.4 is 5.32 Å². The molecule has 3 aliphatic rings. The van der Waals surface area contributed by atoms with Gasteiger partial charge in [0, 0.05) is 40.6 Å². The normalized spacial score (nSPS) is 22.9. The molecule has 1 saturated carbocycles. The Balaban J connectivity index is 1.10. The summed E-state index contributed by atoms with van der Waals surface area (Å²) in [6.45, 7) is 3.05. The minimum atomic E-state index is 0.0857. The third kappa shape index (κ3) is 3.14. The van der Waals surface area contributed by atoms with Crippen LogP contribution in [0.25, 0.3) is 10.9 Å². The summed E-state index contributed by atoms with van der Waals surface area (Å²) in [5.41, 5.74) is 5.08. The van der Waals surface area contributed by atoms with Crippen molar-refractivity contribution in [3.8, 4) is 0 Å². The van der Waals surface area contributed by atoms with Gasteiger partial charge in [-0.05, 0) is 87.2 Å². The summed E-state index contributed by atoms with van der Waals surface area (Å²) in [6.07, 6.45) is 11.9. The predicted molar refractivity (Wildman–Crippen MR) is 116 cm³/mol. The molecule has 1 aliphatic heterocycles. The van der Waals surface area contributed by atoms with Crippen LogP contribution in [-0.2, 0) is 19.4 Å². The van der Waals surface area contributed by atoms with Crippen molar-refractivity contribution in [3.05, 3.63) is 53.2 Å². The number of amides is 1. The van der Waals surface area contributed by atoms with E-state index in [4.69, 9.17) is 0 Å². The summed E-state index contributed by atoms with van der Waals surface area (Å²) >= 11 is 0. The molecule has 1 aromatic carbocycles. The van der Waals surface area contributed by atoms with Gasteiger partial charge in [0.15, 0.2) is 0 Å². The van der Waals surface area contributed by atoms with E-state index in [0.29, 0.717) is 11.5 Å². The third-order valence-electron chi connectivity index (χ3n) is 7.64. The van der Waals surface area contributed by atoms with Gasteiger partial charge in [-0.3, -0.25) is 9.69 Å². The van der Waals surface area contributed by atoms with Gasteiger partial charge in [0.05, 0.1) is 6.54 Å². The van der Waals surface area contributed by atoms with Gasteiger partial charge in [0.25, 0.3) is 5.91 Å². The molecule has 3 heterocycles. The van der Waals surface area contributed by atoms with Gasteiger partial charge < -0.3 is 15.3 Å². The second-order valence-corrected chi connectivity index (χ2v) is 9.45. The molecule has 1 unspecified atom stereocenters. The number of likely N-dealkylation sites (tertiary alicyclic amines) is 1. The molecular formula is C24H29N5O. The second kappa shape index (κ2) is 6.98. The maximum atomic E-state index is 13.0. The van der Waals surface area contributed by atoms with Crippen molar-refractivity contribution in [2.75, 3.05) is 13.1 Å². The molecule has 3 aromatic rings. The van der Waals surface area contributed by atoms with Gasteiger partial charge >= 0.3 is 0 Å². The average Bonchev–Trinajstić information content (AvgIpc) is 3.12. The number of aromatic nitrogens is 3. The van der Waals surface area contributed by atoms with E-state index in [1.165, 1.54) is 35.0 Å². The van der Waals surface area contributed by atoms with Gasteiger partial charge in [-0.15, -0.1) is 0 Å². The molecule has 1 saturated heterocycles. The highest BCUT2D eigenvalue weighted by Gasteiger charge is 2.55. The second-order valence-electron chi connectivity index (χ2n) is 9.45. The number of piperidine rings is 1. The van der Waals surface area contributed by atoms with Crippen molar-refractivity contribution in [1.29, 1.82) is 0 Å². The Bertz CT molecular complexity index is 1070. The molecule has 1 atom stereocenters. The van der Waals surface area contributed by atoms with E-state index < -0.39 is 0 Å². The monoisotopic (exact) mass is 403 g/mol. The summed E-state index contributed by atoms with van der Waals surface area (Å²) in [5, 5.41) is 4.59. The molecule has 0 bridgehead atoms. The van der Waals surface area contributed by atoms with Crippen molar-refractivity contribution in [3.63, 3.8) is 0 Å². The Morgan fingerprint density at radius 3 is 2.93 bits per heavy atom. The van der Waals surface area contributed by atoms with Crippen LogP contribution in [-0.4, -0.2) is 44.9 Å². The minimum absolute atomic E-state index is 0.0857. The Morgan fingerprint density at radius 2 is 2.10 bits per heavy atom. The molecule has 6 rings (SSSR count). The standard InChI is InChI=1S/C24H29N5O/c30-23(16-5-6-20-18(13-16)17-3-1-2-4-19(17)27-20)28-21-14-24(21)7-11-29(12-8-24)15-22-25-9-10-26-22/h5-6,9-10,13,21,27H,1-4,7-8,11-12,14-15H2,(H,25,26)(H,28,30). The number of imidazole rings is 1. The van der Waals surface area contributed by atoms with E-state index in [1.54, 1.807) is 0 Å². The molecular weight excluding hydrogens is 374 g/mol. The number of aromatic amines is 2. The van der Waals surface area contributed by atoms with Crippen molar-refractivity contribution in [2.24, 2.45) is 5.41 Å². The SMILES string of the molecule is O=C(NC1CC12CCN(Cc1ncc[nH]1)CC2)c1ccc2[nH]c3c(c2c1)CCCC3. The lowest BCUT2D eigenvalue weighted by molar-refractivity contribution is 0.0934. The first kappa shape index (κ1) is 18.2. The first-order valence-electron chi connectivity index (χ1n) is 11.4. The number of carbonyl (C=O) groups excluding carboxylic acids is 1. The molecule has 30 heavy (non-hydrogen) atoms. The van der Waals surface area contributed by atoms with Crippen LogP contribution in [0.15, 0.2) is 30.6 Å². The predicted octanol–water partition coefficient (Wildman–Crippen LogP) is 3.55. The lowest BCUT2D eigenvalue weighted by Crippen LogP contribution is -2.38. The topological polar surface area (TPSA) is 76.8 Å². The molecule has 6 heteroatoms. The highest BCUT2D eigenvalue weighted by atomic mass is 16.1. The Morgan fingerprint density at radius 1 is 1.23 bits per heavy atom. The van der Waals surface area contributed by atoms with Crippen LogP contribution in [0.5, 0.6) is 0 Å². The molecule has 2 aliphatic carbocycles. The van der Waals surface area contributed by atoms with Crippen molar-refractivity contribution < 1.29 is 4.79 Å². The van der Waals surface area contributed by atoms with E-state index in [9.17, 15) is 4.79 Å². The zero-order valence-corrected chi connectivity index (χ0v) is 17.3. The fourth-order valence-electron chi connectivity index (χ4n) is 5.65. The van der Waals surface area contributed by atoms with Crippen molar-refractivity contribution >= 4 is 16.8 Å². The summed E-state index contributed by atoms with van der Waals surface area (Å²) in [7, 11) is 0. The quantitative estimate of drug-likeness (QED) is 0.623. The number of aryl methyl sites for hydroxylation is 2. The molecule has 6 nitrogen and oxygen atoms in total. The zero-order valence-electron chi connectivity index (χ0n) is 17.3. The smallest absolute Gasteiger partial charge is 0.251 e. The fraction of sp³-hybridized carbons (Fsp3) is 0.500. The van der Waals surface area contributed by atoms with Gasteiger partial charge in [-0.2, -0.15) is 0 Å². The third-order valence-corrected chi connectivity index (χ3v) is 7.64. The summed E-state index contributed by atoms with van der Waals surface area (Å²) in [6, 6.07) is 6.48. The highest BCUT2D eigenvalue weighted by molar-refractivity contribution is 5.99. The average molecular weight is 404 g/mol. The zero-order chi connectivity index (χ0) is 20.1. The van der Waals surface area contributed by atoms with E-state index in [2.05, 4.69) is 37.3 Å². The van der Waals surface area contributed by atoms with E-state index in [0.717, 1.165) is 63.1 Å². The lowest BCUT2D eigenvalue weighted by atomic mass is 9.92. The fourth-order valence-corrected chi connectivity index (χ4v) is 5.65. The number of nitrogens with zero attached hydrogens (tertiary/aromatic N) is 2. The number of benzene rings is 1. The Labute approximate surface area is 176 Å².